The molecule has 41 heavy (non-hydrogen) atoms. The molecule has 2 aromatic carbocycles. The number of aromatic nitrogens is 1. The Bertz CT molecular complexity index is 1540. The van der Waals surface area contributed by atoms with E-state index in [1.165, 1.54) is 12.0 Å². The van der Waals surface area contributed by atoms with Crippen LogP contribution in [0.2, 0.25) is 0 Å². The van der Waals surface area contributed by atoms with Crippen LogP contribution in [0.5, 0.6) is 11.5 Å². The van der Waals surface area contributed by atoms with Gasteiger partial charge in [-0.25, -0.2) is 9.78 Å². The van der Waals surface area contributed by atoms with E-state index in [1.807, 2.05) is 13.0 Å². The van der Waals surface area contributed by atoms with Crippen molar-refractivity contribution >= 4 is 39.9 Å². The van der Waals surface area contributed by atoms with Crippen LogP contribution in [0.25, 0.3) is 5.76 Å². The van der Waals surface area contributed by atoms with Gasteiger partial charge in [0, 0.05) is 12.0 Å². The second kappa shape index (κ2) is 11.7. The highest BCUT2D eigenvalue weighted by Gasteiger charge is 2.48. The van der Waals surface area contributed by atoms with Crippen LogP contribution in [0, 0.1) is 6.92 Å². The Labute approximate surface area is 242 Å². The van der Waals surface area contributed by atoms with E-state index in [1.54, 1.807) is 43.3 Å². The lowest BCUT2D eigenvalue weighted by Crippen LogP contribution is -2.29. The highest BCUT2D eigenvalue weighted by molar-refractivity contribution is 7.17. The van der Waals surface area contributed by atoms with E-state index < -0.39 is 23.7 Å². The number of esters is 1. The molecule has 0 unspecified atom stereocenters. The number of hydrogen-bond donors (Lipinski definition) is 1. The van der Waals surface area contributed by atoms with E-state index in [2.05, 4.69) is 11.9 Å². The second-order valence-corrected chi connectivity index (χ2v) is 11.1. The summed E-state index contributed by atoms with van der Waals surface area (Å²) < 4.78 is 16.6. The Morgan fingerprint density at radius 3 is 2.76 bits per heavy atom. The molecule has 0 bridgehead atoms. The topological polar surface area (TPSA) is 115 Å². The Kier molecular flexibility index (Phi) is 8.12. The molecule has 1 amide bonds. The first-order valence-corrected chi connectivity index (χ1v) is 14.4. The van der Waals surface area contributed by atoms with Crippen LogP contribution in [0.1, 0.15) is 71.2 Å². The summed E-state index contributed by atoms with van der Waals surface area (Å²) in [4.78, 5) is 45.4. The van der Waals surface area contributed by atoms with Gasteiger partial charge in [-0.3, -0.25) is 14.5 Å². The van der Waals surface area contributed by atoms with Gasteiger partial charge in [0.05, 0.1) is 31.0 Å². The van der Waals surface area contributed by atoms with Crippen LogP contribution in [-0.4, -0.2) is 47.6 Å². The molecule has 10 heteroatoms. The summed E-state index contributed by atoms with van der Waals surface area (Å²) in [5, 5.41) is 11.7. The number of carbonyl (C=O) groups is 3. The summed E-state index contributed by atoms with van der Waals surface area (Å²) in [6, 6.07) is 11.3. The Morgan fingerprint density at radius 1 is 1.20 bits per heavy atom. The van der Waals surface area contributed by atoms with Crippen LogP contribution in [0.15, 0.2) is 48.0 Å². The lowest BCUT2D eigenvalue weighted by molar-refractivity contribution is -0.132. The lowest BCUT2D eigenvalue weighted by Gasteiger charge is -2.23. The zero-order valence-electron chi connectivity index (χ0n) is 23.4. The largest absolute Gasteiger partial charge is 0.507 e. The van der Waals surface area contributed by atoms with Gasteiger partial charge in [-0.2, -0.15) is 0 Å². The molecule has 0 radical (unpaired) electrons. The molecular weight excluding hydrogens is 544 g/mol. The monoisotopic (exact) mass is 576 g/mol. The molecule has 214 valence electrons. The van der Waals surface area contributed by atoms with Crippen molar-refractivity contribution in [3.05, 3.63) is 75.3 Å². The summed E-state index contributed by atoms with van der Waals surface area (Å²) in [7, 11) is 1.27. The van der Waals surface area contributed by atoms with Crippen molar-refractivity contribution in [2.45, 2.75) is 58.6 Å². The molecule has 0 spiro atoms. The van der Waals surface area contributed by atoms with Crippen LogP contribution in [0.3, 0.4) is 0 Å². The number of rotatable bonds is 9. The van der Waals surface area contributed by atoms with Crippen LogP contribution >= 0.6 is 11.3 Å². The van der Waals surface area contributed by atoms with E-state index in [4.69, 9.17) is 14.2 Å². The summed E-state index contributed by atoms with van der Waals surface area (Å²) in [6.45, 7) is 6.24. The van der Waals surface area contributed by atoms with Gasteiger partial charge in [-0.05, 0) is 61.7 Å². The SMILES string of the molecule is CCCCCOc1cccc([C@@H]2/C(=C(\O)c3ccc4c(c3)C[C@H](C)O4)C(=O)C(=O)N2c2nc(C)c(C(=O)OC)s2)c1. The number of ketones is 1. The third kappa shape index (κ3) is 5.44. The normalized spacial score (nSPS) is 19.3. The first kappa shape index (κ1) is 28.4. The van der Waals surface area contributed by atoms with Crippen LogP contribution in [0.4, 0.5) is 5.13 Å². The van der Waals surface area contributed by atoms with Crippen molar-refractivity contribution in [2.24, 2.45) is 0 Å². The predicted molar refractivity (Wildman–Crippen MR) is 155 cm³/mol. The van der Waals surface area contributed by atoms with Gasteiger partial charge < -0.3 is 19.3 Å². The Morgan fingerprint density at radius 2 is 2.00 bits per heavy atom. The number of hydrogen-bond acceptors (Lipinski definition) is 9. The molecule has 2 aliphatic rings. The number of aliphatic hydroxyl groups is 1. The number of carbonyl (C=O) groups excluding carboxylic acids is 3. The molecule has 9 nitrogen and oxygen atoms in total. The molecule has 2 atom stereocenters. The number of nitrogens with zero attached hydrogens (tertiary/aromatic N) is 2. The highest BCUT2D eigenvalue weighted by atomic mass is 32.1. The molecule has 1 N–H and O–H groups in total. The van der Waals surface area contributed by atoms with Crippen LogP contribution in [-0.2, 0) is 20.7 Å². The maximum absolute atomic E-state index is 13.6. The number of thiazole rings is 1. The number of methoxy groups -OCH3 is 1. The number of anilines is 1. The van der Waals surface area contributed by atoms with E-state index in [9.17, 15) is 19.5 Å². The third-order valence-corrected chi connectivity index (χ3v) is 8.30. The number of aryl methyl sites for hydroxylation is 1. The van der Waals surface area contributed by atoms with Gasteiger partial charge in [-0.15, -0.1) is 0 Å². The smallest absolute Gasteiger partial charge is 0.350 e. The van der Waals surface area contributed by atoms with Crippen molar-refractivity contribution in [3.63, 3.8) is 0 Å². The molecular formula is C31H32N2O7S. The number of amides is 1. The van der Waals surface area contributed by atoms with Crippen molar-refractivity contribution in [1.29, 1.82) is 0 Å². The lowest BCUT2D eigenvalue weighted by atomic mass is 9.94. The van der Waals surface area contributed by atoms with E-state index in [-0.39, 0.29) is 27.4 Å². The predicted octanol–water partition coefficient (Wildman–Crippen LogP) is 5.76. The maximum atomic E-state index is 13.6. The molecule has 0 aliphatic carbocycles. The van der Waals surface area contributed by atoms with Crippen molar-refractivity contribution in [1.82, 2.24) is 4.98 Å². The molecule has 5 rings (SSSR count). The molecule has 2 aliphatic heterocycles. The standard InChI is InChI=1S/C31H32N2O7S/c1-5-6-7-13-39-22-10-8-9-19(16-22)25-24(26(34)20-11-12-23-21(15-20)14-17(2)40-23)27(35)29(36)33(25)31-32-18(3)28(41-31)30(37)38-4/h8-12,15-17,25,34H,5-7,13-14H2,1-4H3/b26-24+/t17-,25+/m0/s1. The Balaban J connectivity index is 1.63. The van der Waals surface area contributed by atoms with Gasteiger partial charge in [-0.1, -0.05) is 43.2 Å². The minimum absolute atomic E-state index is 0.00481. The summed E-state index contributed by atoms with van der Waals surface area (Å²) in [5.41, 5.74) is 2.18. The number of ether oxygens (including phenoxy) is 3. The van der Waals surface area contributed by atoms with Gasteiger partial charge in [0.15, 0.2) is 5.13 Å². The average molecular weight is 577 g/mol. The van der Waals surface area contributed by atoms with Gasteiger partial charge in [0.25, 0.3) is 5.78 Å². The first-order chi connectivity index (χ1) is 19.7. The molecule has 3 heterocycles. The minimum atomic E-state index is -1.01. The second-order valence-electron chi connectivity index (χ2n) is 10.2. The fourth-order valence-corrected chi connectivity index (χ4v) is 6.17. The molecule has 1 aromatic heterocycles. The van der Waals surface area contributed by atoms with Crippen molar-refractivity contribution in [3.8, 4) is 11.5 Å². The molecule has 1 fully saturated rings. The average Bonchev–Trinajstić information content (AvgIpc) is 3.62. The zero-order chi connectivity index (χ0) is 29.3. The zero-order valence-corrected chi connectivity index (χ0v) is 24.2. The minimum Gasteiger partial charge on any atom is -0.507 e. The number of benzene rings is 2. The number of Topliss-reactive ketones (excluding diaryl/α,β-unsaturated/α-hetero) is 1. The summed E-state index contributed by atoms with van der Waals surface area (Å²) in [5.74, 6) is -1.27. The third-order valence-electron chi connectivity index (χ3n) is 7.17. The fraction of sp³-hybridized carbons (Fsp3) is 0.355. The van der Waals surface area contributed by atoms with Gasteiger partial charge >= 0.3 is 11.9 Å². The number of fused-ring (bicyclic) bond motifs is 1. The highest BCUT2D eigenvalue weighted by Crippen LogP contribution is 2.45. The van der Waals surface area contributed by atoms with Crippen molar-refractivity contribution in [2.75, 3.05) is 18.6 Å². The Hall–Kier alpha value is -4.18. The maximum Gasteiger partial charge on any atom is 0.350 e. The molecule has 1 saturated heterocycles. The van der Waals surface area contributed by atoms with E-state index >= 15 is 0 Å². The first-order valence-electron chi connectivity index (χ1n) is 13.6. The van der Waals surface area contributed by atoms with Crippen molar-refractivity contribution < 1.29 is 33.7 Å². The number of aliphatic hydroxyl groups excluding tert-OH is 1. The van der Waals surface area contributed by atoms with Crippen LogP contribution < -0.4 is 14.4 Å². The van der Waals surface area contributed by atoms with E-state index in [0.29, 0.717) is 35.6 Å². The number of unbranched alkanes of at least 4 members (excludes halogenated alkanes) is 2. The fourth-order valence-electron chi connectivity index (χ4n) is 5.15. The van der Waals surface area contributed by atoms with Gasteiger partial charge in [0.1, 0.15) is 28.2 Å². The summed E-state index contributed by atoms with van der Waals surface area (Å²) >= 11 is 0.958. The molecule has 3 aromatic rings. The molecule has 0 saturated carbocycles. The van der Waals surface area contributed by atoms with E-state index in [0.717, 1.165) is 41.9 Å². The summed E-state index contributed by atoms with van der Waals surface area (Å²) in [6.07, 6.45) is 3.67. The quantitative estimate of drug-likeness (QED) is 0.112. The van der Waals surface area contributed by atoms with Gasteiger partial charge in [0.2, 0.25) is 0 Å².